The van der Waals surface area contributed by atoms with Crippen LogP contribution in [0, 0.1) is 0 Å². The summed E-state index contributed by atoms with van der Waals surface area (Å²) in [5.41, 5.74) is 3.26. The SMILES string of the molecule is O=C(Nc1ccc2c(c1)N(C(=O)c1cccs1)CCC2)c1ccccc1Br. The number of carbonyl (C=O) groups excluding carboxylic acids is 2. The third-order valence-corrected chi connectivity index (χ3v) is 6.11. The second-order valence-corrected chi connectivity index (χ2v) is 8.12. The van der Waals surface area contributed by atoms with E-state index in [0.717, 1.165) is 33.4 Å². The highest BCUT2D eigenvalue weighted by atomic mass is 79.9. The number of halogens is 1. The van der Waals surface area contributed by atoms with Gasteiger partial charge in [0.25, 0.3) is 11.8 Å². The Morgan fingerprint density at radius 2 is 1.93 bits per heavy atom. The molecule has 2 heterocycles. The number of fused-ring (bicyclic) bond motifs is 1. The van der Waals surface area contributed by atoms with Crippen molar-refractivity contribution in [3.63, 3.8) is 0 Å². The molecule has 3 aromatic rings. The number of nitrogens with zero attached hydrogens (tertiary/aromatic N) is 1. The van der Waals surface area contributed by atoms with E-state index in [1.807, 2.05) is 58.8 Å². The number of hydrogen-bond acceptors (Lipinski definition) is 3. The lowest BCUT2D eigenvalue weighted by molar-refractivity contribution is 0.0987. The van der Waals surface area contributed by atoms with Gasteiger partial charge in [-0.05, 0) is 70.0 Å². The number of amides is 2. The molecule has 2 aromatic carbocycles. The van der Waals surface area contributed by atoms with Crippen molar-refractivity contribution >= 4 is 50.5 Å². The molecule has 1 aliphatic heterocycles. The van der Waals surface area contributed by atoms with Crippen LogP contribution in [0.5, 0.6) is 0 Å². The first kappa shape index (κ1) is 17.9. The van der Waals surface area contributed by atoms with Crippen molar-refractivity contribution in [2.45, 2.75) is 12.8 Å². The Balaban J connectivity index is 1.62. The fourth-order valence-corrected chi connectivity index (χ4v) is 4.38. The first-order valence-electron chi connectivity index (χ1n) is 8.67. The first-order chi connectivity index (χ1) is 13.1. The van der Waals surface area contributed by atoms with Crippen molar-refractivity contribution < 1.29 is 9.59 Å². The minimum Gasteiger partial charge on any atom is -0.322 e. The van der Waals surface area contributed by atoms with Crippen molar-refractivity contribution in [3.05, 3.63) is 80.5 Å². The van der Waals surface area contributed by atoms with Crippen LogP contribution in [0.1, 0.15) is 32.0 Å². The van der Waals surface area contributed by atoms with E-state index < -0.39 is 0 Å². The average Bonchev–Trinajstić information content (AvgIpc) is 3.22. The molecule has 1 N–H and O–H groups in total. The van der Waals surface area contributed by atoms with Gasteiger partial charge < -0.3 is 10.2 Å². The molecule has 27 heavy (non-hydrogen) atoms. The van der Waals surface area contributed by atoms with Crippen LogP contribution in [-0.4, -0.2) is 18.4 Å². The van der Waals surface area contributed by atoms with Crippen molar-refractivity contribution in [1.82, 2.24) is 0 Å². The Labute approximate surface area is 170 Å². The van der Waals surface area contributed by atoms with Crippen LogP contribution in [0.2, 0.25) is 0 Å². The summed E-state index contributed by atoms with van der Waals surface area (Å²) in [6.45, 7) is 0.686. The lowest BCUT2D eigenvalue weighted by atomic mass is 10.0. The number of hydrogen-bond donors (Lipinski definition) is 1. The summed E-state index contributed by atoms with van der Waals surface area (Å²) in [5, 5.41) is 4.85. The summed E-state index contributed by atoms with van der Waals surface area (Å²) in [5.74, 6) is -0.172. The smallest absolute Gasteiger partial charge is 0.268 e. The highest BCUT2D eigenvalue weighted by molar-refractivity contribution is 9.10. The molecule has 6 heteroatoms. The number of nitrogens with one attached hydrogen (secondary N) is 1. The molecular formula is C21H17BrN2O2S. The van der Waals surface area contributed by atoms with Crippen LogP contribution in [0.3, 0.4) is 0 Å². The van der Waals surface area contributed by atoms with E-state index in [9.17, 15) is 9.59 Å². The van der Waals surface area contributed by atoms with Gasteiger partial charge in [-0.3, -0.25) is 9.59 Å². The minimum absolute atomic E-state index is 0.0141. The van der Waals surface area contributed by atoms with E-state index in [-0.39, 0.29) is 11.8 Å². The maximum atomic E-state index is 12.9. The van der Waals surface area contributed by atoms with E-state index in [4.69, 9.17) is 0 Å². The molecule has 0 radical (unpaired) electrons. The highest BCUT2D eigenvalue weighted by Crippen LogP contribution is 2.32. The molecule has 4 nitrogen and oxygen atoms in total. The highest BCUT2D eigenvalue weighted by Gasteiger charge is 2.24. The molecule has 136 valence electrons. The van der Waals surface area contributed by atoms with Crippen LogP contribution in [0.15, 0.2) is 64.5 Å². The summed E-state index contributed by atoms with van der Waals surface area (Å²) in [6, 6.07) is 16.8. The fourth-order valence-electron chi connectivity index (χ4n) is 3.24. The van der Waals surface area contributed by atoms with Gasteiger partial charge in [0, 0.05) is 22.4 Å². The molecule has 0 saturated carbocycles. The van der Waals surface area contributed by atoms with Crippen molar-refractivity contribution in [2.75, 3.05) is 16.8 Å². The zero-order valence-corrected chi connectivity index (χ0v) is 16.8. The van der Waals surface area contributed by atoms with E-state index in [1.165, 1.54) is 11.3 Å². The van der Waals surface area contributed by atoms with Gasteiger partial charge in [-0.2, -0.15) is 0 Å². The number of rotatable bonds is 3. The van der Waals surface area contributed by atoms with E-state index in [2.05, 4.69) is 21.2 Å². The zero-order valence-electron chi connectivity index (χ0n) is 14.4. The third-order valence-electron chi connectivity index (χ3n) is 4.56. The van der Waals surface area contributed by atoms with Gasteiger partial charge in [0.05, 0.1) is 10.4 Å². The summed E-state index contributed by atoms with van der Waals surface area (Å²) < 4.78 is 0.745. The molecule has 0 unspecified atom stereocenters. The molecule has 4 rings (SSSR count). The molecule has 1 aliphatic rings. The Bertz CT molecular complexity index is 1000. The maximum Gasteiger partial charge on any atom is 0.268 e. The summed E-state index contributed by atoms with van der Waals surface area (Å²) >= 11 is 4.86. The predicted molar refractivity (Wildman–Crippen MR) is 113 cm³/mol. The van der Waals surface area contributed by atoms with Crippen molar-refractivity contribution in [3.8, 4) is 0 Å². The third kappa shape index (κ3) is 3.68. The second kappa shape index (κ2) is 7.66. The Morgan fingerprint density at radius 3 is 2.70 bits per heavy atom. The topological polar surface area (TPSA) is 49.4 Å². The number of anilines is 2. The maximum absolute atomic E-state index is 12.9. The molecule has 0 bridgehead atoms. The van der Waals surface area contributed by atoms with Gasteiger partial charge in [-0.15, -0.1) is 11.3 Å². The van der Waals surface area contributed by atoms with Gasteiger partial charge in [0.15, 0.2) is 0 Å². The largest absolute Gasteiger partial charge is 0.322 e. The second-order valence-electron chi connectivity index (χ2n) is 6.32. The Hall–Kier alpha value is -2.44. The van der Waals surface area contributed by atoms with Crippen molar-refractivity contribution in [2.24, 2.45) is 0 Å². The molecule has 2 amide bonds. The van der Waals surface area contributed by atoms with E-state index >= 15 is 0 Å². The van der Waals surface area contributed by atoms with Crippen LogP contribution >= 0.6 is 27.3 Å². The zero-order chi connectivity index (χ0) is 18.8. The predicted octanol–water partition coefficient (Wildman–Crippen LogP) is 5.36. The number of carbonyl (C=O) groups is 2. The summed E-state index contributed by atoms with van der Waals surface area (Å²) in [6.07, 6.45) is 1.87. The molecule has 0 saturated heterocycles. The fraction of sp³-hybridized carbons (Fsp3) is 0.143. The number of benzene rings is 2. The lowest BCUT2D eigenvalue weighted by Crippen LogP contribution is -2.35. The van der Waals surface area contributed by atoms with E-state index in [1.54, 1.807) is 6.07 Å². The number of thiophene rings is 1. The van der Waals surface area contributed by atoms with Gasteiger partial charge in [0.2, 0.25) is 0 Å². The van der Waals surface area contributed by atoms with Crippen LogP contribution in [0.4, 0.5) is 11.4 Å². The lowest BCUT2D eigenvalue weighted by Gasteiger charge is -2.29. The quantitative estimate of drug-likeness (QED) is 0.595. The molecule has 1 aromatic heterocycles. The average molecular weight is 441 g/mol. The van der Waals surface area contributed by atoms with Gasteiger partial charge in [-0.1, -0.05) is 24.3 Å². The molecule has 0 fully saturated rings. The monoisotopic (exact) mass is 440 g/mol. The molecule has 0 aliphatic carbocycles. The van der Waals surface area contributed by atoms with Gasteiger partial charge in [-0.25, -0.2) is 0 Å². The standard InChI is InChI=1S/C21H17BrN2O2S/c22-17-7-2-1-6-16(17)20(25)23-15-10-9-14-5-3-11-24(18(14)13-15)21(26)19-8-4-12-27-19/h1-2,4,6-10,12-13H,3,5,11H2,(H,23,25). The molecule has 0 spiro atoms. The first-order valence-corrected chi connectivity index (χ1v) is 10.3. The molecular weight excluding hydrogens is 424 g/mol. The van der Waals surface area contributed by atoms with Gasteiger partial charge in [0.1, 0.15) is 0 Å². The summed E-state index contributed by atoms with van der Waals surface area (Å²) in [4.78, 5) is 28.0. The normalized spacial score (nSPS) is 13.1. The summed E-state index contributed by atoms with van der Waals surface area (Å²) in [7, 11) is 0. The van der Waals surface area contributed by atoms with Crippen molar-refractivity contribution in [1.29, 1.82) is 0 Å². The van der Waals surface area contributed by atoms with E-state index in [0.29, 0.717) is 17.8 Å². The number of aryl methyl sites for hydroxylation is 1. The minimum atomic E-state index is -0.186. The van der Waals surface area contributed by atoms with Crippen LogP contribution < -0.4 is 10.2 Å². The molecule has 0 atom stereocenters. The van der Waals surface area contributed by atoms with Crippen LogP contribution in [0.25, 0.3) is 0 Å². The Morgan fingerprint density at radius 1 is 1.07 bits per heavy atom. The Kier molecular flexibility index (Phi) is 5.09. The van der Waals surface area contributed by atoms with Crippen LogP contribution in [-0.2, 0) is 6.42 Å². The van der Waals surface area contributed by atoms with Gasteiger partial charge >= 0.3 is 0 Å².